The molecule has 2 rings (SSSR count). The van der Waals surface area contributed by atoms with E-state index in [1.807, 2.05) is 31.2 Å². The normalized spacial score (nSPS) is 10.5. The quantitative estimate of drug-likeness (QED) is 0.757. The van der Waals surface area contributed by atoms with Gasteiger partial charge in [0.25, 0.3) is 0 Å². The number of nitrogens with zero attached hydrogens (tertiary/aromatic N) is 4. The molecule has 8 heteroatoms. The molecule has 0 amide bonds. The Morgan fingerprint density at radius 2 is 1.83 bits per heavy atom. The smallest absolute Gasteiger partial charge is 0.232 e. The van der Waals surface area contributed by atoms with Crippen molar-refractivity contribution in [1.29, 1.82) is 0 Å². The molecular formula is C16H22N6S2. The van der Waals surface area contributed by atoms with E-state index in [4.69, 9.17) is 18.0 Å². The van der Waals surface area contributed by atoms with E-state index in [1.54, 1.807) is 0 Å². The Morgan fingerprint density at radius 3 is 2.46 bits per heavy atom. The van der Waals surface area contributed by atoms with Gasteiger partial charge in [-0.3, -0.25) is 0 Å². The highest BCUT2D eigenvalue weighted by atomic mass is 32.2. The molecule has 1 aromatic heterocycles. The summed E-state index contributed by atoms with van der Waals surface area (Å²) >= 11 is 6.96. The summed E-state index contributed by atoms with van der Waals surface area (Å²) in [6, 6.07) is 7.98. The number of nitrogen functional groups attached to an aromatic ring is 1. The van der Waals surface area contributed by atoms with Crippen LogP contribution < -0.4 is 11.1 Å². The van der Waals surface area contributed by atoms with Crippen LogP contribution in [0.5, 0.6) is 0 Å². The van der Waals surface area contributed by atoms with Crippen LogP contribution in [0.4, 0.5) is 17.6 Å². The number of thioether (sulfide) groups is 1. The van der Waals surface area contributed by atoms with E-state index in [9.17, 15) is 0 Å². The van der Waals surface area contributed by atoms with Gasteiger partial charge in [-0.25, -0.2) is 0 Å². The van der Waals surface area contributed by atoms with Crippen LogP contribution in [0.2, 0.25) is 0 Å². The van der Waals surface area contributed by atoms with E-state index < -0.39 is 0 Å². The van der Waals surface area contributed by atoms with Gasteiger partial charge in [0.1, 0.15) is 10.1 Å². The maximum absolute atomic E-state index is 5.80. The summed E-state index contributed by atoms with van der Waals surface area (Å²) in [5.74, 6) is 1.81. The Morgan fingerprint density at radius 1 is 1.17 bits per heavy atom. The van der Waals surface area contributed by atoms with Crippen molar-refractivity contribution >= 4 is 45.9 Å². The van der Waals surface area contributed by atoms with Gasteiger partial charge >= 0.3 is 0 Å². The van der Waals surface area contributed by atoms with Gasteiger partial charge in [-0.05, 0) is 32.9 Å². The maximum Gasteiger partial charge on any atom is 0.232 e. The number of hydrogen-bond donors (Lipinski definition) is 2. The predicted octanol–water partition coefficient (Wildman–Crippen LogP) is 3.37. The number of thiocarbonyl (C=S) groups is 1. The first-order valence-electron chi connectivity index (χ1n) is 7.77. The number of nitrogens with one attached hydrogen (secondary N) is 1. The zero-order valence-corrected chi connectivity index (χ0v) is 15.7. The molecule has 0 unspecified atom stereocenters. The predicted molar refractivity (Wildman–Crippen MR) is 106 cm³/mol. The SMILES string of the molecule is CCN(CC)C(=S)SCc1nc(N)nc(Nc2ccc(C)cc2)n1. The summed E-state index contributed by atoms with van der Waals surface area (Å²) in [5, 5.41) is 3.15. The molecule has 1 aromatic carbocycles. The molecule has 0 atom stereocenters. The van der Waals surface area contributed by atoms with Crippen LogP contribution in [0.25, 0.3) is 0 Å². The molecule has 0 aliphatic rings. The highest BCUT2D eigenvalue weighted by molar-refractivity contribution is 8.22. The molecule has 0 aliphatic heterocycles. The lowest BCUT2D eigenvalue weighted by atomic mass is 10.2. The number of benzene rings is 1. The zero-order valence-electron chi connectivity index (χ0n) is 14.1. The fourth-order valence-corrected chi connectivity index (χ4v) is 3.28. The Bertz CT molecular complexity index is 685. The summed E-state index contributed by atoms with van der Waals surface area (Å²) in [7, 11) is 0. The molecule has 2 aromatic rings. The van der Waals surface area contributed by atoms with Gasteiger partial charge in [0.15, 0.2) is 0 Å². The second-order valence-electron chi connectivity index (χ2n) is 5.15. The van der Waals surface area contributed by atoms with Crippen LogP contribution in [0, 0.1) is 6.92 Å². The molecule has 24 heavy (non-hydrogen) atoms. The number of aromatic nitrogens is 3. The maximum atomic E-state index is 5.80. The van der Waals surface area contributed by atoms with Crippen LogP contribution in [0.1, 0.15) is 25.2 Å². The lowest BCUT2D eigenvalue weighted by molar-refractivity contribution is 0.482. The van der Waals surface area contributed by atoms with Crippen molar-refractivity contribution in [2.75, 3.05) is 24.1 Å². The number of rotatable bonds is 6. The van der Waals surface area contributed by atoms with E-state index in [-0.39, 0.29) is 5.95 Å². The molecule has 0 radical (unpaired) electrons. The highest BCUT2D eigenvalue weighted by Crippen LogP contribution is 2.18. The molecule has 1 heterocycles. The zero-order chi connectivity index (χ0) is 17.5. The van der Waals surface area contributed by atoms with Gasteiger partial charge < -0.3 is 16.0 Å². The molecular weight excluding hydrogens is 340 g/mol. The summed E-state index contributed by atoms with van der Waals surface area (Å²) in [6.45, 7) is 7.99. The van der Waals surface area contributed by atoms with Crippen LogP contribution in [0.3, 0.4) is 0 Å². The van der Waals surface area contributed by atoms with E-state index in [0.717, 1.165) is 23.1 Å². The summed E-state index contributed by atoms with van der Waals surface area (Å²) in [4.78, 5) is 14.9. The molecule has 0 saturated heterocycles. The largest absolute Gasteiger partial charge is 0.368 e. The summed E-state index contributed by atoms with van der Waals surface area (Å²) in [6.07, 6.45) is 0. The first kappa shape index (κ1) is 18.4. The van der Waals surface area contributed by atoms with Crippen molar-refractivity contribution in [2.24, 2.45) is 0 Å². The average molecular weight is 363 g/mol. The molecule has 6 nitrogen and oxygen atoms in total. The number of hydrogen-bond acceptors (Lipinski definition) is 7. The third-order valence-electron chi connectivity index (χ3n) is 3.35. The van der Waals surface area contributed by atoms with Crippen LogP contribution in [0.15, 0.2) is 24.3 Å². The van der Waals surface area contributed by atoms with Crippen LogP contribution in [-0.4, -0.2) is 37.3 Å². The molecule has 0 aliphatic carbocycles. The van der Waals surface area contributed by atoms with Crippen LogP contribution >= 0.6 is 24.0 Å². The summed E-state index contributed by atoms with van der Waals surface area (Å²) < 4.78 is 0.840. The monoisotopic (exact) mass is 362 g/mol. The van der Waals surface area contributed by atoms with Crippen LogP contribution in [-0.2, 0) is 5.75 Å². The Balaban J connectivity index is 2.05. The Labute approximate surface area is 152 Å². The second kappa shape index (κ2) is 8.79. The van der Waals surface area contributed by atoms with Crippen molar-refractivity contribution < 1.29 is 0 Å². The molecule has 3 N–H and O–H groups in total. The number of aryl methyl sites for hydroxylation is 1. The summed E-state index contributed by atoms with van der Waals surface area (Å²) in [5.41, 5.74) is 7.90. The average Bonchev–Trinajstić information content (AvgIpc) is 2.56. The third-order valence-corrected chi connectivity index (χ3v) is 4.87. The van der Waals surface area contributed by atoms with Gasteiger partial charge in [0, 0.05) is 18.8 Å². The second-order valence-corrected chi connectivity index (χ2v) is 6.76. The van der Waals surface area contributed by atoms with E-state index in [2.05, 4.69) is 39.0 Å². The molecule has 0 spiro atoms. The van der Waals surface area contributed by atoms with Gasteiger partial charge in [-0.15, -0.1) is 0 Å². The highest BCUT2D eigenvalue weighted by Gasteiger charge is 2.10. The van der Waals surface area contributed by atoms with Crippen molar-refractivity contribution in [3.05, 3.63) is 35.7 Å². The van der Waals surface area contributed by atoms with E-state index >= 15 is 0 Å². The van der Waals surface area contributed by atoms with E-state index in [1.165, 1.54) is 17.3 Å². The standard InChI is InChI=1S/C16H22N6S2/c1-4-22(5-2)16(23)24-10-13-19-14(17)21-15(20-13)18-12-8-6-11(3)7-9-12/h6-9H,4-5,10H2,1-3H3,(H3,17,18,19,20,21). The molecule has 128 valence electrons. The third kappa shape index (κ3) is 5.31. The first-order valence-corrected chi connectivity index (χ1v) is 9.17. The molecule has 0 fully saturated rings. The number of nitrogens with two attached hydrogens (primary N) is 1. The van der Waals surface area contributed by atoms with Crippen molar-refractivity contribution in [2.45, 2.75) is 26.5 Å². The lowest BCUT2D eigenvalue weighted by Gasteiger charge is -2.20. The minimum absolute atomic E-state index is 0.198. The Kier molecular flexibility index (Phi) is 6.74. The van der Waals surface area contributed by atoms with Gasteiger partial charge in [0.05, 0.1) is 5.75 Å². The number of anilines is 3. The lowest BCUT2D eigenvalue weighted by Crippen LogP contribution is -2.26. The molecule has 0 saturated carbocycles. The van der Waals surface area contributed by atoms with Gasteiger partial charge in [-0.1, -0.05) is 41.7 Å². The topological polar surface area (TPSA) is 80.0 Å². The van der Waals surface area contributed by atoms with Crippen molar-refractivity contribution in [3.63, 3.8) is 0 Å². The van der Waals surface area contributed by atoms with Gasteiger partial charge in [0.2, 0.25) is 11.9 Å². The van der Waals surface area contributed by atoms with Crippen molar-refractivity contribution in [1.82, 2.24) is 19.9 Å². The Hall–Kier alpha value is -1.93. The van der Waals surface area contributed by atoms with Gasteiger partial charge in [-0.2, -0.15) is 15.0 Å². The fourth-order valence-electron chi connectivity index (χ4n) is 2.02. The minimum Gasteiger partial charge on any atom is -0.368 e. The van der Waals surface area contributed by atoms with Crippen molar-refractivity contribution in [3.8, 4) is 0 Å². The molecule has 0 bridgehead atoms. The van der Waals surface area contributed by atoms with E-state index in [0.29, 0.717) is 17.5 Å². The minimum atomic E-state index is 0.198. The first-order chi connectivity index (χ1) is 11.5. The fraction of sp³-hybridized carbons (Fsp3) is 0.375.